The number of nitrogens with one attached hydrogen (secondary N) is 1. The molecule has 5 nitrogen and oxygen atoms in total. The van der Waals surface area contributed by atoms with Gasteiger partial charge in [-0.05, 0) is 48.4 Å². The second kappa shape index (κ2) is 7.04. The first kappa shape index (κ1) is 16.7. The van der Waals surface area contributed by atoms with Gasteiger partial charge in [0.1, 0.15) is 0 Å². The normalized spacial score (nSPS) is 11.2. The lowest BCUT2D eigenvalue weighted by atomic mass is 10.1. The Morgan fingerprint density at radius 3 is 2.18 bits per heavy atom. The summed E-state index contributed by atoms with van der Waals surface area (Å²) in [7, 11) is -3.68. The molecule has 0 aromatic heterocycles. The van der Waals surface area contributed by atoms with Crippen LogP contribution in [-0.2, 0) is 21.2 Å². The van der Waals surface area contributed by atoms with Gasteiger partial charge in [0.15, 0.2) is 0 Å². The number of primary sulfonamides is 1. The molecule has 0 bridgehead atoms. The van der Waals surface area contributed by atoms with Crippen LogP contribution in [0.5, 0.6) is 0 Å². The van der Waals surface area contributed by atoms with Gasteiger partial charge in [-0.3, -0.25) is 4.79 Å². The highest BCUT2D eigenvalue weighted by molar-refractivity contribution is 9.10. The molecule has 0 atom stereocenters. The highest BCUT2D eigenvalue weighted by atomic mass is 79.9. The Morgan fingerprint density at radius 1 is 1.05 bits per heavy atom. The third kappa shape index (κ3) is 4.94. The molecule has 116 valence electrons. The highest BCUT2D eigenvalue weighted by Crippen LogP contribution is 2.15. The molecular weight excluding hydrogens is 368 g/mol. The largest absolute Gasteiger partial charge is 0.326 e. The van der Waals surface area contributed by atoms with Gasteiger partial charge < -0.3 is 5.32 Å². The van der Waals surface area contributed by atoms with Crippen LogP contribution in [0.15, 0.2) is 57.9 Å². The first-order valence-electron chi connectivity index (χ1n) is 6.52. The van der Waals surface area contributed by atoms with Gasteiger partial charge in [0.2, 0.25) is 15.9 Å². The van der Waals surface area contributed by atoms with Gasteiger partial charge in [-0.2, -0.15) is 0 Å². The number of halogens is 1. The van der Waals surface area contributed by atoms with Crippen molar-refractivity contribution in [2.24, 2.45) is 5.14 Å². The van der Waals surface area contributed by atoms with Gasteiger partial charge in [-0.15, -0.1) is 0 Å². The van der Waals surface area contributed by atoms with E-state index in [4.69, 9.17) is 5.14 Å². The van der Waals surface area contributed by atoms with Crippen molar-refractivity contribution in [3.63, 3.8) is 0 Å². The van der Waals surface area contributed by atoms with Crippen LogP contribution < -0.4 is 10.5 Å². The molecule has 22 heavy (non-hydrogen) atoms. The molecule has 2 rings (SSSR count). The number of sulfonamides is 1. The van der Waals surface area contributed by atoms with Crippen LogP contribution in [0.3, 0.4) is 0 Å². The molecule has 0 aliphatic heterocycles. The number of hydrogen-bond acceptors (Lipinski definition) is 3. The first-order chi connectivity index (χ1) is 10.3. The summed E-state index contributed by atoms with van der Waals surface area (Å²) in [6, 6.07) is 13.5. The Kier molecular flexibility index (Phi) is 5.33. The van der Waals surface area contributed by atoms with E-state index in [0.717, 1.165) is 15.7 Å². The van der Waals surface area contributed by atoms with E-state index in [-0.39, 0.29) is 10.8 Å². The zero-order valence-corrected chi connectivity index (χ0v) is 14.0. The number of amides is 1. The minimum atomic E-state index is -3.68. The summed E-state index contributed by atoms with van der Waals surface area (Å²) in [4.78, 5) is 11.9. The molecule has 0 fully saturated rings. The summed E-state index contributed by atoms with van der Waals surface area (Å²) in [5.41, 5.74) is 1.61. The lowest BCUT2D eigenvalue weighted by Crippen LogP contribution is -2.13. The third-order valence-corrected chi connectivity index (χ3v) is 4.48. The summed E-state index contributed by atoms with van der Waals surface area (Å²) >= 11 is 3.33. The molecule has 0 heterocycles. The number of carbonyl (C=O) groups is 1. The maximum absolute atomic E-state index is 11.9. The quantitative estimate of drug-likeness (QED) is 0.832. The number of nitrogens with two attached hydrogens (primary N) is 1. The molecule has 0 saturated carbocycles. The number of benzene rings is 2. The van der Waals surface area contributed by atoms with Crippen molar-refractivity contribution in [2.75, 3.05) is 5.32 Å². The van der Waals surface area contributed by atoms with E-state index in [1.54, 1.807) is 12.1 Å². The van der Waals surface area contributed by atoms with Gasteiger partial charge >= 0.3 is 0 Å². The molecule has 0 radical (unpaired) electrons. The molecule has 2 aromatic rings. The minimum absolute atomic E-state index is 0.0653. The average molecular weight is 383 g/mol. The Balaban J connectivity index is 1.89. The SMILES string of the molecule is NS(=O)(=O)c1ccc(CCC(=O)Nc2ccc(Br)cc2)cc1. The van der Waals surface area contributed by atoms with E-state index in [2.05, 4.69) is 21.2 Å². The van der Waals surface area contributed by atoms with E-state index >= 15 is 0 Å². The molecular formula is C15H15BrN2O3S. The number of carbonyl (C=O) groups excluding carboxylic acids is 1. The first-order valence-corrected chi connectivity index (χ1v) is 8.86. The molecule has 7 heteroatoms. The van der Waals surface area contributed by atoms with Crippen molar-refractivity contribution >= 4 is 37.5 Å². The van der Waals surface area contributed by atoms with E-state index in [1.807, 2.05) is 24.3 Å². The number of rotatable bonds is 5. The molecule has 0 aliphatic carbocycles. The van der Waals surface area contributed by atoms with E-state index in [1.165, 1.54) is 12.1 Å². The van der Waals surface area contributed by atoms with Crippen LogP contribution >= 0.6 is 15.9 Å². The number of anilines is 1. The topological polar surface area (TPSA) is 89.3 Å². The van der Waals surface area contributed by atoms with Crippen molar-refractivity contribution in [1.82, 2.24) is 0 Å². The molecule has 0 aliphatic rings. The van der Waals surface area contributed by atoms with Crippen molar-refractivity contribution in [1.29, 1.82) is 0 Å². The fourth-order valence-electron chi connectivity index (χ4n) is 1.86. The summed E-state index contributed by atoms with van der Waals surface area (Å²) in [6.07, 6.45) is 0.831. The van der Waals surface area contributed by atoms with Gasteiger partial charge in [0.25, 0.3) is 0 Å². The number of hydrogen-bond donors (Lipinski definition) is 2. The fourth-order valence-corrected chi connectivity index (χ4v) is 2.64. The lowest BCUT2D eigenvalue weighted by molar-refractivity contribution is -0.116. The van der Waals surface area contributed by atoms with E-state index < -0.39 is 10.0 Å². The zero-order valence-electron chi connectivity index (χ0n) is 11.6. The second-order valence-corrected chi connectivity index (χ2v) is 7.22. The molecule has 0 saturated heterocycles. The third-order valence-electron chi connectivity index (χ3n) is 3.02. The monoisotopic (exact) mass is 382 g/mol. The Morgan fingerprint density at radius 2 is 1.64 bits per heavy atom. The zero-order chi connectivity index (χ0) is 16.2. The molecule has 3 N–H and O–H groups in total. The van der Waals surface area contributed by atoms with Crippen LogP contribution in [0.1, 0.15) is 12.0 Å². The van der Waals surface area contributed by atoms with Crippen LogP contribution in [0.4, 0.5) is 5.69 Å². The maximum Gasteiger partial charge on any atom is 0.238 e. The van der Waals surface area contributed by atoms with Crippen LogP contribution in [-0.4, -0.2) is 14.3 Å². The predicted molar refractivity (Wildman–Crippen MR) is 88.9 cm³/mol. The lowest BCUT2D eigenvalue weighted by Gasteiger charge is -2.06. The number of aryl methyl sites for hydroxylation is 1. The van der Waals surface area contributed by atoms with E-state index in [9.17, 15) is 13.2 Å². The maximum atomic E-state index is 11.9. The minimum Gasteiger partial charge on any atom is -0.326 e. The molecule has 1 amide bonds. The summed E-state index contributed by atoms with van der Waals surface area (Å²) in [6.45, 7) is 0. The molecule has 0 spiro atoms. The Hall–Kier alpha value is -1.70. The summed E-state index contributed by atoms with van der Waals surface area (Å²) in [5, 5.41) is 7.83. The second-order valence-electron chi connectivity index (χ2n) is 4.74. The molecule has 0 unspecified atom stereocenters. The fraction of sp³-hybridized carbons (Fsp3) is 0.133. The van der Waals surface area contributed by atoms with Crippen LogP contribution in [0.25, 0.3) is 0 Å². The van der Waals surface area contributed by atoms with Crippen molar-refractivity contribution in [3.8, 4) is 0 Å². The Labute approximate surface area is 137 Å². The van der Waals surface area contributed by atoms with Gasteiger partial charge in [-0.25, -0.2) is 13.6 Å². The highest BCUT2D eigenvalue weighted by Gasteiger charge is 2.08. The average Bonchev–Trinajstić information content (AvgIpc) is 2.47. The van der Waals surface area contributed by atoms with Gasteiger partial charge in [0, 0.05) is 16.6 Å². The predicted octanol–water partition coefficient (Wildman–Crippen LogP) is 2.67. The van der Waals surface area contributed by atoms with Crippen LogP contribution in [0.2, 0.25) is 0 Å². The van der Waals surface area contributed by atoms with Crippen molar-refractivity contribution in [3.05, 3.63) is 58.6 Å². The van der Waals surface area contributed by atoms with Gasteiger partial charge in [0.05, 0.1) is 4.90 Å². The van der Waals surface area contributed by atoms with E-state index in [0.29, 0.717) is 12.8 Å². The smallest absolute Gasteiger partial charge is 0.238 e. The molecule has 2 aromatic carbocycles. The van der Waals surface area contributed by atoms with Gasteiger partial charge in [-0.1, -0.05) is 28.1 Å². The van der Waals surface area contributed by atoms with Crippen molar-refractivity contribution in [2.45, 2.75) is 17.7 Å². The van der Waals surface area contributed by atoms with Crippen molar-refractivity contribution < 1.29 is 13.2 Å². The summed E-state index contributed by atoms with van der Waals surface area (Å²) in [5.74, 6) is -0.0992. The standard InChI is InChI=1S/C15H15BrN2O3S/c16-12-4-6-13(7-5-12)18-15(19)10-3-11-1-8-14(9-2-11)22(17,20)21/h1-2,4-9H,3,10H2,(H,18,19)(H2,17,20,21). The Bertz CT molecular complexity index is 756. The summed E-state index contributed by atoms with van der Waals surface area (Å²) < 4.78 is 23.2. The van der Waals surface area contributed by atoms with Crippen LogP contribution in [0, 0.1) is 0 Å².